The molecule has 0 aliphatic carbocycles. The highest BCUT2D eigenvalue weighted by atomic mass is 32.2. The number of fused-ring (bicyclic) bond motifs is 1. The smallest absolute Gasteiger partial charge is 0.321 e. The Morgan fingerprint density at radius 1 is 1.23 bits per heavy atom. The summed E-state index contributed by atoms with van der Waals surface area (Å²) in [6.07, 6.45) is 0.434. The van der Waals surface area contributed by atoms with Crippen molar-refractivity contribution in [1.82, 2.24) is 9.80 Å². The predicted octanol–water partition coefficient (Wildman–Crippen LogP) is 2.44. The van der Waals surface area contributed by atoms with Crippen LogP contribution in [0, 0.1) is 5.92 Å². The van der Waals surface area contributed by atoms with Crippen LogP contribution in [0.3, 0.4) is 0 Å². The summed E-state index contributed by atoms with van der Waals surface area (Å²) in [4.78, 5) is 29.2. The highest BCUT2D eigenvalue weighted by molar-refractivity contribution is 7.92. The van der Waals surface area contributed by atoms with Crippen LogP contribution in [0.2, 0.25) is 0 Å². The summed E-state index contributed by atoms with van der Waals surface area (Å²) in [7, 11) is -2.02. The molecule has 0 spiro atoms. The number of nitrogens with one attached hydrogen (secondary N) is 2. The molecule has 190 valence electrons. The molecule has 0 fully saturated rings. The Balaban J connectivity index is 1.95. The second kappa shape index (κ2) is 11.0. The van der Waals surface area contributed by atoms with Crippen molar-refractivity contribution in [1.29, 1.82) is 0 Å². The van der Waals surface area contributed by atoms with Crippen LogP contribution >= 0.6 is 0 Å². The molecule has 0 aromatic heterocycles. The van der Waals surface area contributed by atoms with E-state index < -0.39 is 22.2 Å². The van der Waals surface area contributed by atoms with Gasteiger partial charge in [-0.15, -0.1) is 0 Å². The fraction of sp³-hybridized carbons (Fsp3) is 0.417. The molecule has 3 atom stereocenters. The molecule has 2 aromatic rings. The van der Waals surface area contributed by atoms with Gasteiger partial charge >= 0.3 is 6.03 Å². The molecule has 3 amide bonds. The van der Waals surface area contributed by atoms with Crippen LogP contribution in [0.25, 0.3) is 0 Å². The van der Waals surface area contributed by atoms with Gasteiger partial charge in [-0.1, -0.05) is 31.2 Å². The Bertz CT molecular complexity index is 1160. The summed E-state index contributed by atoms with van der Waals surface area (Å²) in [5.74, 6) is -0.537. The Morgan fingerprint density at radius 3 is 2.54 bits per heavy atom. The summed E-state index contributed by atoms with van der Waals surface area (Å²) in [5, 5.41) is 12.6. The minimum atomic E-state index is -3.66. The molecule has 3 N–H and O–H groups in total. The van der Waals surface area contributed by atoms with Gasteiger partial charge in [0, 0.05) is 25.2 Å². The molecule has 1 aliphatic rings. The van der Waals surface area contributed by atoms with Crippen LogP contribution in [-0.4, -0.2) is 80.4 Å². The zero-order chi connectivity index (χ0) is 25.8. The Labute approximate surface area is 205 Å². The third-order valence-electron chi connectivity index (χ3n) is 5.81. The number of hydrogen-bond donors (Lipinski definition) is 3. The van der Waals surface area contributed by atoms with Gasteiger partial charge in [-0.3, -0.25) is 9.52 Å². The fourth-order valence-electron chi connectivity index (χ4n) is 3.83. The molecule has 35 heavy (non-hydrogen) atoms. The second-order valence-electron chi connectivity index (χ2n) is 8.86. The lowest BCUT2D eigenvalue weighted by Gasteiger charge is -2.38. The number of aliphatic hydroxyl groups is 1. The van der Waals surface area contributed by atoms with Gasteiger partial charge in [0.1, 0.15) is 6.10 Å². The van der Waals surface area contributed by atoms with Crippen LogP contribution in [-0.2, 0) is 10.0 Å². The lowest BCUT2D eigenvalue weighted by atomic mass is 9.99. The van der Waals surface area contributed by atoms with Crippen molar-refractivity contribution >= 4 is 33.3 Å². The molecule has 0 unspecified atom stereocenters. The molecule has 0 radical (unpaired) electrons. The van der Waals surface area contributed by atoms with Gasteiger partial charge < -0.3 is 25.0 Å². The topological polar surface area (TPSA) is 128 Å². The van der Waals surface area contributed by atoms with Crippen LogP contribution in [0.4, 0.5) is 16.2 Å². The maximum atomic E-state index is 13.4. The highest BCUT2D eigenvalue weighted by Crippen LogP contribution is 2.35. The van der Waals surface area contributed by atoms with Gasteiger partial charge in [0.2, 0.25) is 10.0 Å². The van der Waals surface area contributed by atoms with Gasteiger partial charge in [0.15, 0.2) is 5.75 Å². The second-order valence-corrected chi connectivity index (χ2v) is 10.6. The first-order valence-electron chi connectivity index (χ1n) is 11.3. The van der Waals surface area contributed by atoms with Crippen LogP contribution in [0.1, 0.15) is 24.2 Å². The van der Waals surface area contributed by atoms with Crippen molar-refractivity contribution in [3.8, 4) is 5.75 Å². The third-order valence-corrected chi connectivity index (χ3v) is 6.40. The molecular weight excluding hydrogens is 472 g/mol. The van der Waals surface area contributed by atoms with Crippen molar-refractivity contribution in [3.63, 3.8) is 0 Å². The number of likely N-dealkylation sites (N-methyl/N-ethyl adjacent to an activating group) is 1. The zero-order valence-electron chi connectivity index (χ0n) is 20.3. The molecule has 0 saturated heterocycles. The highest BCUT2D eigenvalue weighted by Gasteiger charge is 2.35. The first kappa shape index (κ1) is 26.3. The quantitative estimate of drug-likeness (QED) is 0.531. The summed E-state index contributed by atoms with van der Waals surface area (Å²) in [6, 6.07) is 12.9. The summed E-state index contributed by atoms with van der Waals surface area (Å²) < 4.78 is 32.6. The van der Waals surface area contributed by atoms with E-state index >= 15 is 0 Å². The number of urea groups is 1. The van der Waals surface area contributed by atoms with E-state index in [2.05, 4.69) is 10.0 Å². The lowest BCUT2D eigenvalue weighted by molar-refractivity contribution is 0.0373. The van der Waals surface area contributed by atoms with Crippen molar-refractivity contribution in [2.24, 2.45) is 5.92 Å². The number of anilines is 2. The number of ether oxygens (including phenoxy) is 1. The van der Waals surface area contributed by atoms with E-state index in [-0.39, 0.29) is 54.6 Å². The maximum absolute atomic E-state index is 13.4. The van der Waals surface area contributed by atoms with E-state index in [9.17, 15) is 23.1 Å². The van der Waals surface area contributed by atoms with E-state index in [0.29, 0.717) is 5.69 Å². The number of carbonyl (C=O) groups is 2. The number of carbonyl (C=O) groups excluding carboxylic acids is 2. The SMILES string of the molecule is C[C@H](CO)N1C[C@H](C)[C@H](CN(C)C(=O)Nc2ccccc2)Oc2c(NS(C)(=O)=O)cccc2C1=O. The van der Waals surface area contributed by atoms with E-state index in [4.69, 9.17) is 4.74 Å². The van der Waals surface area contributed by atoms with E-state index in [1.807, 2.05) is 25.1 Å². The number of nitrogens with zero attached hydrogens (tertiary/aromatic N) is 2. The molecule has 2 aromatic carbocycles. The summed E-state index contributed by atoms with van der Waals surface area (Å²) in [5.41, 5.74) is 0.951. The first-order valence-corrected chi connectivity index (χ1v) is 13.2. The van der Waals surface area contributed by atoms with Crippen molar-refractivity contribution in [2.75, 3.05) is 43.0 Å². The van der Waals surface area contributed by atoms with Crippen LogP contribution < -0.4 is 14.8 Å². The predicted molar refractivity (Wildman–Crippen MR) is 134 cm³/mol. The van der Waals surface area contributed by atoms with Crippen molar-refractivity contribution in [2.45, 2.75) is 26.0 Å². The van der Waals surface area contributed by atoms with Crippen LogP contribution in [0.15, 0.2) is 48.5 Å². The molecule has 3 rings (SSSR count). The summed E-state index contributed by atoms with van der Waals surface area (Å²) in [6.45, 7) is 3.83. The van der Waals surface area contributed by atoms with Crippen molar-refractivity contribution < 1.29 is 27.9 Å². The number of para-hydroxylation sites is 2. The minimum Gasteiger partial charge on any atom is -0.485 e. The molecule has 1 heterocycles. The monoisotopic (exact) mass is 504 g/mol. The molecule has 1 aliphatic heterocycles. The number of rotatable bonds is 7. The summed E-state index contributed by atoms with van der Waals surface area (Å²) >= 11 is 0. The number of hydrogen-bond acceptors (Lipinski definition) is 6. The largest absolute Gasteiger partial charge is 0.485 e. The standard InChI is InChI=1S/C24H32N4O6S/c1-16-13-28(17(2)15-29)23(30)19-11-8-12-20(26-35(4,32)33)22(19)34-21(16)14-27(3)24(31)25-18-9-6-5-7-10-18/h5-12,16-17,21,26,29H,13-15H2,1-4H3,(H,25,31)/t16-,17+,21-/m0/s1. The van der Waals surface area contributed by atoms with Gasteiger partial charge in [-0.2, -0.15) is 0 Å². The molecule has 11 heteroatoms. The molecule has 10 nitrogen and oxygen atoms in total. The Morgan fingerprint density at radius 2 is 1.91 bits per heavy atom. The fourth-order valence-corrected chi connectivity index (χ4v) is 4.39. The number of amides is 3. The first-order chi connectivity index (χ1) is 16.5. The average Bonchev–Trinajstić information content (AvgIpc) is 2.80. The lowest BCUT2D eigenvalue weighted by Crippen LogP contribution is -2.50. The van der Waals surface area contributed by atoms with E-state index in [1.165, 1.54) is 11.0 Å². The molecular formula is C24H32N4O6S. The van der Waals surface area contributed by atoms with Gasteiger partial charge in [0.25, 0.3) is 5.91 Å². The zero-order valence-corrected chi connectivity index (χ0v) is 21.1. The normalized spacial score (nSPS) is 19.0. The number of sulfonamides is 1. The van der Waals surface area contributed by atoms with Gasteiger partial charge in [-0.25, -0.2) is 13.2 Å². The molecule has 0 saturated carbocycles. The average molecular weight is 505 g/mol. The Hall–Kier alpha value is -3.31. The number of benzene rings is 2. The minimum absolute atomic E-state index is 0.0893. The Kier molecular flexibility index (Phi) is 8.23. The van der Waals surface area contributed by atoms with E-state index in [0.717, 1.165) is 6.26 Å². The number of aliphatic hydroxyl groups excluding tert-OH is 1. The molecule has 0 bridgehead atoms. The van der Waals surface area contributed by atoms with Gasteiger partial charge in [0.05, 0.1) is 36.7 Å². The van der Waals surface area contributed by atoms with Gasteiger partial charge in [-0.05, 0) is 31.2 Å². The van der Waals surface area contributed by atoms with Crippen molar-refractivity contribution in [3.05, 3.63) is 54.1 Å². The third kappa shape index (κ3) is 6.64. The maximum Gasteiger partial charge on any atom is 0.321 e. The van der Waals surface area contributed by atoms with E-state index in [1.54, 1.807) is 43.1 Å². The van der Waals surface area contributed by atoms with Crippen LogP contribution in [0.5, 0.6) is 5.75 Å².